The number of benzene rings is 4. The fourth-order valence-electron chi connectivity index (χ4n) is 4.81. The van der Waals surface area contributed by atoms with Crippen LogP contribution in [0.15, 0.2) is 120 Å². The van der Waals surface area contributed by atoms with Crippen LogP contribution in [0.2, 0.25) is 0 Å². The maximum Gasteiger partial charge on any atom is 0.297 e. The molecule has 0 saturated carbocycles. The molecule has 0 aliphatic carbocycles. The van der Waals surface area contributed by atoms with Gasteiger partial charge >= 0.3 is 0 Å². The summed E-state index contributed by atoms with van der Waals surface area (Å²) in [5.41, 5.74) is 3.69. The molecule has 1 fully saturated rings. The lowest BCUT2D eigenvalue weighted by Crippen LogP contribution is -2.45. The molecule has 1 N–H and O–H groups in total. The van der Waals surface area contributed by atoms with E-state index >= 15 is 0 Å². The molecule has 1 saturated heterocycles. The van der Waals surface area contributed by atoms with Crippen LogP contribution in [-0.4, -0.2) is 50.8 Å². The highest BCUT2D eigenvalue weighted by atomic mass is 32.2. The summed E-state index contributed by atoms with van der Waals surface area (Å²) in [4.78, 5) is -0.0290. The van der Waals surface area contributed by atoms with Gasteiger partial charge in [-0.15, -0.1) is 0 Å². The molecule has 4 aromatic rings. The molecule has 0 radical (unpaired) electrons. The van der Waals surface area contributed by atoms with Crippen LogP contribution in [0, 0.1) is 6.92 Å². The summed E-state index contributed by atoms with van der Waals surface area (Å²) in [7, 11) is -4.26. The van der Waals surface area contributed by atoms with E-state index in [1.807, 2.05) is 97.9 Å². The minimum absolute atomic E-state index is 0.0290. The summed E-state index contributed by atoms with van der Waals surface area (Å²) in [6, 6.07) is 35.1. The third kappa shape index (κ3) is 8.58. The number of ether oxygens (including phenoxy) is 4. The molecule has 5 rings (SSSR count). The van der Waals surface area contributed by atoms with Gasteiger partial charge in [-0.05, 0) is 35.7 Å². The SMILES string of the molecule is Cc1ccc(S(=O)(=O)O[C@@H]2[C@@H](OCc3ccccc3)[C@@H]([C@@H](COCc3ccccc3)OCc3ccccc3)O[C@H]2O)cc1. The largest absolute Gasteiger partial charge is 0.374 e. The second-order valence-corrected chi connectivity index (χ2v) is 12.0. The van der Waals surface area contributed by atoms with E-state index in [-0.39, 0.29) is 24.7 Å². The zero-order valence-electron chi connectivity index (χ0n) is 23.9. The van der Waals surface area contributed by atoms with Crippen LogP contribution in [-0.2, 0) is 53.1 Å². The third-order valence-corrected chi connectivity index (χ3v) is 8.45. The summed E-state index contributed by atoms with van der Waals surface area (Å²) >= 11 is 0. The Morgan fingerprint density at radius 3 is 1.84 bits per heavy atom. The van der Waals surface area contributed by atoms with Crippen molar-refractivity contribution < 1.29 is 36.7 Å². The second-order valence-electron chi connectivity index (χ2n) is 10.4. The van der Waals surface area contributed by atoms with Crippen molar-refractivity contribution in [3.05, 3.63) is 138 Å². The average Bonchev–Trinajstić information content (AvgIpc) is 3.33. The third-order valence-electron chi connectivity index (χ3n) is 7.12. The zero-order valence-corrected chi connectivity index (χ0v) is 24.7. The van der Waals surface area contributed by atoms with Crippen LogP contribution in [0.3, 0.4) is 0 Å². The Morgan fingerprint density at radius 2 is 1.26 bits per heavy atom. The van der Waals surface area contributed by atoms with Gasteiger partial charge in [0.05, 0.1) is 31.3 Å². The summed E-state index contributed by atoms with van der Waals surface area (Å²) in [5.74, 6) is 0. The van der Waals surface area contributed by atoms with Crippen LogP contribution in [0.25, 0.3) is 0 Å². The lowest BCUT2D eigenvalue weighted by molar-refractivity contribution is -0.169. The molecule has 0 spiro atoms. The van der Waals surface area contributed by atoms with Crippen molar-refractivity contribution in [2.45, 2.75) is 62.3 Å². The van der Waals surface area contributed by atoms with Crippen molar-refractivity contribution in [1.29, 1.82) is 0 Å². The van der Waals surface area contributed by atoms with Gasteiger partial charge < -0.3 is 24.1 Å². The predicted octanol–water partition coefficient (Wildman–Crippen LogP) is 5.17. The molecule has 43 heavy (non-hydrogen) atoms. The second kappa shape index (κ2) is 14.9. The molecule has 5 atom stereocenters. The molecule has 1 aliphatic rings. The Kier molecular flexibility index (Phi) is 10.7. The number of rotatable bonds is 14. The van der Waals surface area contributed by atoms with E-state index < -0.39 is 40.8 Å². The number of aryl methyl sites for hydroxylation is 1. The van der Waals surface area contributed by atoms with Gasteiger partial charge in [-0.1, -0.05) is 109 Å². The van der Waals surface area contributed by atoms with Crippen molar-refractivity contribution >= 4 is 10.1 Å². The molecule has 4 aromatic carbocycles. The highest BCUT2D eigenvalue weighted by Gasteiger charge is 2.51. The molecule has 0 unspecified atom stereocenters. The summed E-state index contributed by atoms with van der Waals surface area (Å²) in [5, 5.41) is 11.0. The standard InChI is InChI=1S/C34H36O8S/c1-25-17-19-29(20-18-25)43(36,37)42-33-32(40-23-28-15-9-4-10-16-28)31(41-34(33)35)30(39-22-27-13-7-3-8-14-27)24-38-21-26-11-5-2-6-12-26/h2-20,30-35H,21-24H2,1H3/t30-,31-,32+,33-,34-/m1/s1. The van der Waals surface area contributed by atoms with Crippen molar-refractivity contribution in [3.8, 4) is 0 Å². The normalized spacial score (nSPS) is 21.1. The smallest absolute Gasteiger partial charge is 0.297 e. The Labute approximate surface area is 252 Å². The molecular formula is C34H36O8S. The summed E-state index contributed by atoms with van der Waals surface area (Å²) in [6.45, 7) is 2.67. The molecule has 226 valence electrons. The first kappa shape index (κ1) is 31.0. The number of aliphatic hydroxyl groups is 1. The van der Waals surface area contributed by atoms with Gasteiger partial charge in [-0.25, -0.2) is 0 Å². The molecule has 1 heterocycles. The van der Waals surface area contributed by atoms with Crippen LogP contribution in [0.5, 0.6) is 0 Å². The minimum Gasteiger partial charge on any atom is -0.374 e. The monoisotopic (exact) mass is 604 g/mol. The Morgan fingerprint density at radius 1 is 0.721 bits per heavy atom. The quantitative estimate of drug-likeness (QED) is 0.197. The highest BCUT2D eigenvalue weighted by molar-refractivity contribution is 7.86. The molecule has 8 nitrogen and oxygen atoms in total. The van der Waals surface area contributed by atoms with E-state index in [4.69, 9.17) is 23.1 Å². The maximum atomic E-state index is 13.3. The van der Waals surface area contributed by atoms with Crippen LogP contribution >= 0.6 is 0 Å². The highest BCUT2D eigenvalue weighted by Crippen LogP contribution is 2.32. The fourth-order valence-corrected chi connectivity index (χ4v) is 5.89. The van der Waals surface area contributed by atoms with Gasteiger partial charge in [0, 0.05) is 0 Å². The molecule has 0 bridgehead atoms. The molecule has 1 aliphatic heterocycles. The van der Waals surface area contributed by atoms with Gasteiger partial charge in [0.1, 0.15) is 18.3 Å². The van der Waals surface area contributed by atoms with Gasteiger partial charge in [0.2, 0.25) is 0 Å². The van der Waals surface area contributed by atoms with Crippen molar-refractivity contribution in [2.75, 3.05) is 6.61 Å². The zero-order chi connectivity index (χ0) is 30.1. The van der Waals surface area contributed by atoms with Gasteiger partial charge in [0.25, 0.3) is 10.1 Å². The minimum atomic E-state index is -4.26. The first-order valence-electron chi connectivity index (χ1n) is 14.2. The van der Waals surface area contributed by atoms with Crippen LogP contribution in [0.1, 0.15) is 22.3 Å². The molecule has 9 heteroatoms. The van der Waals surface area contributed by atoms with Crippen molar-refractivity contribution in [2.24, 2.45) is 0 Å². The summed E-state index contributed by atoms with van der Waals surface area (Å²) in [6.07, 6.45) is -5.58. The fraction of sp³-hybridized carbons (Fsp3) is 0.294. The lowest BCUT2D eigenvalue weighted by atomic mass is 10.1. The van der Waals surface area contributed by atoms with Crippen molar-refractivity contribution in [3.63, 3.8) is 0 Å². The molecule has 0 aromatic heterocycles. The molecule has 0 amide bonds. The number of aliphatic hydroxyl groups excluding tert-OH is 1. The van der Waals surface area contributed by atoms with Crippen LogP contribution < -0.4 is 0 Å². The Bertz CT molecular complexity index is 1500. The topological polar surface area (TPSA) is 101 Å². The lowest BCUT2D eigenvalue weighted by Gasteiger charge is -2.29. The van der Waals surface area contributed by atoms with Crippen molar-refractivity contribution in [1.82, 2.24) is 0 Å². The maximum absolute atomic E-state index is 13.3. The van der Waals surface area contributed by atoms with E-state index in [9.17, 15) is 13.5 Å². The van der Waals surface area contributed by atoms with Gasteiger partial charge in [-0.3, -0.25) is 4.18 Å². The molecular weight excluding hydrogens is 568 g/mol. The number of hydrogen-bond acceptors (Lipinski definition) is 8. The Balaban J connectivity index is 1.39. The van der Waals surface area contributed by atoms with E-state index in [0.29, 0.717) is 6.61 Å². The average molecular weight is 605 g/mol. The summed E-state index contributed by atoms with van der Waals surface area (Å²) < 4.78 is 56.8. The number of hydrogen-bond donors (Lipinski definition) is 1. The van der Waals surface area contributed by atoms with E-state index in [2.05, 4.69) is 0 Å². The van der Waals surface area contributed by atoms with Gasteiger partial charge in [-0.2, -0.15) is 8.42 Å². The predicted molar refractivity (Wildman–Crippen MR) is 160 cm³/mol. The van der Waals surface area contributed by atoms with Gasteiger partial charge in [0.15, 0.2) is 12.4 Å². The van der Waals surface area contributed by atoms with Crippen LogP contribution in [0.4, 0.5) is 0 Å². The van der Waals surface area contributed by atoms with E-state index in [1.54, 1.807) is 12.1 Å². The van der Waals surface area contributed by atoms with E-state index in [1.165, 1.54) is 12.1 Å². The van der Waals surface area contributed by atoms with E-state index in [0.717, 1.165) is 22.3 Å². The Hall–Kier alpha value is -3.41. The first-order chi connectivity index (χ1) is 20.9. The first-order valence-corrected chi connectivity index (χ1v) is 15.6.